The van der Waals surface area contributed by atoms with E-state index in [9.17, 15) is 0 Å². The molecule has 3 aromatic heterocycles. The van der Waals surface area contributed by atoms with Crippen LogP contribution in [-0.4, -0.2) is 8.80 Å². The van der Waals surface area contributed by atoms with Gasteiger partial charge in [0.1, 0.15) is 11.0 Å². The first kappa shape index (κ1) is 36.5. The third-order valence-electron chi connectivity index (χ3n) is 14.7. The maximum atomic E-state index is 16.2. The van der Waals surface area contributed by atoms with E-state index in [1.54, 1.807) is 0 Å². The highest BCUT2D eigenvalue weighted by Crippen LogP contribution is 2.47. The van der Waals surface area contributed by atoms with E-state index in [4.69, 9.17) is 8.83 Å². The lowest BCUT2D eigenvalue weighted by Gasteiger charge is -2.23. The SMILES string of the molecule is Cc1cccc(C)c1-c1cc2cc(-c3c(C)cccc3C)c3oc4cc5c(C)c(C)c(C)c(C)c5cc4n4c(=O)n5c6cc7c(C)c(C)c(C)c(C)c7cc6oc1c5c2c34. The molecule has 0 atom stereocenters. The molecule has 0 aliphatic rings. The Bertz CT molecular complexity index is 3570. The van der Waals surface area contributed by atoms with Crippen molar-refractivity contribution in [3.8, 4) is 22.3 Å². The lowest BCUT2D eigenvalue weighted by Crippen LogP contribution is -2.24. The van der Waals surface area contributed by atoms with Gasteiger partial charge in [0.25, 0.3) is 0 Å². The molecule has 0 saturated heterocycles. The van der Waals surface area contributed by atoms with E-state index in [1.807, 2.05) is 8.80 Å². The second kappa shape index (κ2) is 12.2. The van der Waals surface area contributed by atoms with E-state index in [0.717, 1.165) is 98.9 Å². The highest BCUT2D eigenvalue weighted by Gasteiger charge is 2.28. The Morgan fingerprint density at radius 2 is 0.750 bits per heavy atom. The third kappa shape index (κ3) is 4.55. The average Bonchev–Trinajstić information content (AvgIpc) is 3.23. The first-order valence-corrected chi connectivity index (χ1v) is 21.1. The molecular weight excluding hydrogens is 737 g/mol. The van der Waals surface area contributed by atoms with E-state index < -0.39 is 0 Å². The maximum absolute atomic E-state index is 16.2. The van der Waals surface area contributed by atoms with Crippen LogP contribution >= 0.6 is 0 Å². The average molecular weight is 785 g/mol. The Kier molecular flexibility index (Phi) is 7.44. The summed E-state index contributed by atoms with van der Waals surface area (Å²) >= 11 is 0. The molecule has 0 unspecified atom stereocenters. The molecule has 0 aliphatic heterocycles. The molecule has 11 aromatic rings. The lowest BCUT2D eigenvalue weighted by atomic mass is 9.88. The van der Waals surface area contributed by atoms with Gasteiger partial charge >= 0.3 is 5.69 Å². The van der Waals surface area contributed by atoms with Crippen LogP contribution < -0.4 is 5.69 Å². The van der Waals surface area contributed by atoms with Crippen molar-refractivity contribution < 1.29 is 8.83 Å². The molecule has 0 bridgehead atoms. The highest BCUT2D eigenvalue weighted by atomic mass is 16.3. The Hall–Kier alpha value is -6.59. The van der Waals surface area contributed by atoms with Crippen LogP contribution in [0, 0.1) is 83.1 Å². The summed E-state index contributed by atoms with van der Waals surface area (Å²) in [6, 6.07) is 26.1. The highest BCUT2D eigenvalue weighted by molar-refractivity contribution is 6.24. The summed E-state index contributed by atoms with van der Waals surface area (Å²) in [5.41, 5.74) is 24.2. The summed E-state index contributed by atoms with van der Waals surface area (Å²) in [5.74, 6) is 0. The van der Waals surface area contributed by atoms with Crippen molar-refractivity contribution in [3.05, 3.63) is 150 Å². The second-order valence-corrected chi connectivity index (χ2v) is 17.7. The molecule has 0 N–H and O–H groups in total. The summed E-state index contributed by atoms with van der Waals surface area (Å²) in [6.07, 6.45) is 0. The molecule has 0 saturated carbocycles. The lowest BCUT2D eigenvalue weighted by molar-refractivity contribution is 0.650. The molecule has 0 radical (unpaired) electrons. The van der Waals surface area contributed by atoms with Crippen molar-refractivity contribution in [2.45, 2.75) is 83.1 Å². The first-order chi connectivity index (χ1) is 28.7. The van der Waals surface area contributed by atoms with Crippen molar-refractivity contribution in [3.63, 3.8) is 0 Å². The first-order valence-electron chi connectivity index (χ1n) is 21.1. The zero-order valence-corrected chi connectivity index (χ0v) is 36.5. The molecule has 60 heavy (non-hydrogen) atoms. The molecule has 0 aliphatic carbocycles. The van der Waals surface area contributed by atoms with Crippen LogP contribution in [0.1, 0.15) is 66.8 Å². The smallest absolute Gasteiger partial charge is 0.338 e. The van der Waals surface area contributed by atoms with Gasteiger partial charge < -0.3 is 8.83 Å². The standard InChI is InChI=1S/C55H48N2O3/c1-25-15-13-16-26(2)48(25)42-19-37-20-43(49-27(3)17-14-18-28(49)4)54-52-50(37)51-53(42)59-46-23-40-35(11)31(7)29(5)33(9)38(40)21-44(46)56(51)55(58)57(52)45-22-39-34(10)30(6)32(8)36(12)41(39)24-47(45)60-54/h13-24H,1-12H3. The van der Waals surface area contributed by atoms with Gasteiger partial charge in [0.2, 0.25) is 0 Å². The summed E-state index contributed by atoms with van der Waals surface area (Å²) in [6.45, 7) is 26.2. The maximum Gasteiger partial charge on any atom is 0.338 e. The third-order valence-corrected chi connectivity index (χ3v) is 14.7. The van der Waals surface area contributed by atoms with E-state index in [-0.39, 0.29) is 5.69 Å². The van der Waals surface area contributed by atoms with Gasteiger partial charge in [-0.25, -0.2) is 4.79 Å². The van der Waals surface area contributed by atoms with Crippen LogP contribution in [0.3, 0.4) is 0 Å². The van der Waals surface area contributed by atoms with E-state index in [0.29, 0.717) is 22.3 Å². The fourth-order valence-corrected chi connectivity index (χ4v) is 10.8. The van der Waals surface area contributed by atoms with Crippen LogP contribution in [0.15, 0.2) is 86.4 Å². The van der Waals surface area contributed by atoms with E-state index in [1.165, 1.54) is 44.5 Å². The molecule has 296 valence electrons. The van der Waals surface area contributed by atoms with E-state index >= 15 is 4.79 Å². The van der Waals surface area contributed by atoms with Gasteiger partial charge in [0, 0.05) is 16.5 Å². The number of rotatable bonds is 2. The van der Waals surface area contributed by atoms with E-state index in [2.05, 4.69) is 156 Å². The van der Waals surface area contributed by atoms with Crippen molar-refractivity contribution >= 4 is 76.7 Å². The van der Waals surface area contributed by atoms with Gasteiger partial charge in [-0.1, -0.05) is 36.4 Å². The number of aromatic nitrogens is 2. The predicted molar refractivity (Wildman–Crippen MR) is 252 cm³/mol. The monoisotopic (exact) mass is 784 g/mol. The van der Waals surface area contributed by atoms with Crippen LogP contribution in [0.4, 0.5) is 0 Å². The number of fused-ring (bicyclic) bond motifs is 6. The zero-order chi connectivity index (χ0) is 42.0. The summed E-state index contributed by atoms with van der Waals surface area (Å²) in [7, 11) is 0. The molecule has 8 aromatic carbocycles. The summed E-state index contributed by atoms with van der Waals surface area (Å²) in [5, 5.41) is 6.47. The molecule has 3 heterocycles. The Morgan fingerprint density at radius 1 is 0.417 bits per heavy atom. The van der Waals surface area contributed by atoms with Gasteiger partial charge in [-0.05, 0) is 224 Å². The van der Waals surface area contributed by atoms with Gasteiger partial charge in [-0.15, -0.1) is 0 Å². The molecule has 0 amide bonds. The van der Waals surface area contributed by atoms with Crippen molar-refractivity contribution in [2.24, 2.45) is 0 Å². The van der Waals surface area contributed by atoms with Gasteiger partial charge in [-0.2, -0.15) is 0 Å². The van der Waals surface area contributed by atoms with Gasteiger partial charge in [-0.3, -0.25) is 8.80 Å². The number of hydrogen-bond acceptors (Lipinski definition) is 3. The molecule has 0 fully saturated rings. The largest absolute Gasteiger partial charge is 0.452 e. The van der Waals surface area contributed by atoms with Crippen LogP contribution in [0.25, 0.3) is 99.0 Å². The predicted octanol–water partition coefficient (Wildman–Crippen LogP) is 14.7. The second-order valence-electron chi connectivity index (χ2n) is 17.7. The Balaban J connectivity index is 1.49. The van der Waals surface area contributed by atoms with Gasteiger partial charge in [0.15, 0.2) is 22.3 Å². The Labute approximate surface area is 348 Å². The topological polar surface area (TPSA) is 52.2 Å². The number of benzene rings is 8. The molecule has 0 spiro atoms. The van der Waals surface area contributed by atoms with Crippen molar-refractivity contribution in [2.75, 3.05) is 0 Å². The summed E-state index contributed by atoms with van der Waals surface area (Å²) in [4.78, 5) is 16.2. The molecule has 5 nitrogen and oxygen atoms in total. The van der Waals surface area contributed by atoms with Crippen molar-refractivity contribution in [1.82, 2.24) is 8.80 Å². The molecule has 11 rings (SSSR count). The minimum Gasteiger partial charge on any atom is -0.452 e. The minimum atomic E-state index is -0.159. The summed E-state index contributed by atoms with van der Waals surface area (Å²) < 4.78 is 18.4. The van der Waals surface area contributed by atoms with Crippen LogP contribution in [-0.2, 0) is 0 Å². The fourth-order valence-electron chi connectivity index (χ4n) is 10.8. The molecule has 5 heteroatoms. The number of nitrogens with zero attached hydrogens (tertiary/aromatic N) is 2. The fraction of sp³-hybridized carbons (Fsp3) is 0.218. The normalized spacial score (nSPS) is 12.4. The zero-order valence-electron chi connectivity index (χ0n) is 36.5. The van der Waals surface area contributed by atoms with Gasteiger partial charge in [0.05, 0.1) is 11.0 Å². The number of aryl methyl sites for hydroxylation is 8. The molecular formula is C55H48N2O3. The quantitative estimate of drug-likeness (QED) is 0.130. The number of hydrogen-bond donors (Lipinski definition) is 0. The van der Waals surface area contributed by atoms with Crippen LogP contribution in [0.5, 0.6) is 0 Å². The van der Waals surface area contributed by atoms with Crippen molar-refractivity contribution in [1.29, 1.82) is 0 Å². The van der Waals surface area contributed by atoms with Crippen LogP contribution in [0.2, 0.25) is 0 Å². The Morgan fingerprint density at radius 3 is 1.10 bits per heavy atom. The minimum absolute atomic E-state index is 0.159.